The van der Waals surface area contributed by atoms with E-state index >= 15 is 0 Å². The Hall–Kier alpha value is -1.61. The van der Waals surface area contributed by atoms with Crippen LogP contribution in [-0.2, 0) is 26.7 Å². The van der Waals surface area contributed by atoms with E-state index < -0.39 is 27.5 Å². The molecule has 144 valence electrons. The van der Waals surface area contributed by atoms with Crippen LogP contribution >= 0.6 is 0 Å². The van der Waals surface area contributed by atoms with E-state index in [9.17, 15) is 26.4 Å². The molecule has 1 amide bonds. The number of nitrogens with zero attached hydrogens (tertiary/aromatic N) is 2. The molecule has 2 saturated heterocycles. The van der Waals surface area contributed by atoms with Crippen molar-refractivity contribution in [3.63, 3.8) is 0 Å². The van der Waals surface area contributed by atoms with Crippen LogP contribution in [0, 0.1) is 0 Å². The van der Waals surface area contributed by atoms with Gasteiger partial charge in [-0.2, -0.15) is 17.5 Å². The van der Waals surface area contributed by atoms with Gasteiger partial charge >= 0.3 is 6.18 Å². The molecule has 0 N–H and O–H groups in total. The summed E-state index contributed by atoms with van der Waals surface area (Å²) in [5, 5.41) is 0. The van der Waals surface area contributed by atoms with Crippen LogP contribution in [0.3, 0.4) is 0 Å². The predicted octanol–water partition coefficient (Wildman–Crippen LogP) is 2.62. The fourth-order valence-electron chi connectivity index (χ4n) is 3.62. The molecule has 5 nitrogen and oxygen atoms in total. The molecular formula is C17H21F3N2O3S. The number of alkyl halides is 3. The number of carbonyl (C=O) groups is 1. The van der Waals surface area contributed by atoms with Crippen LogP contribution in [0.4, 0.5) is 13.2 Å². The standard InChI is InChI=1S/C17H21F3N2O3S/c18-17(19,20)14-5-1-4-13(10-14)12-26(24,25)21-8-2-6-15(11-21)22-9-3-7-16(22)23/h1,4-5,10,15H,2-3,6-9,11-12H2. The van der Waals surface area contributed by atoms with E-state index in [1.165, 1.54) is 16.4 Å². The number of likely N-dealkylation sites (tertiary alicyclic amines) is 1. The number of hydrogen-bond acceptors (Lipinski definition) is 3. The average Bonchev–Trinajstić information content (AvgIpc) is 3.00. The van der Waals surface area contributed by atoms with Gasteiger partial charge in [-0.1, -0.05) is 18.2 Å². The Kier molecular flexibility index (Phi) is 5.30. The molecule has 2 fully saturated rings. The molecule has 0 radical (unpaired) electrons. The highest BCUT2D eigenvalue weighted by Crippen LogP contribution is 2.30. The first-order valence-electron chi connectivity index (χ1n) is 8.60. The van der Waals surface area contributed by atoms with Gasteiger partial charge in [0.15, 0.2) is 0 Å². The number of piperidine rings is 1. The molecule has 2 aliphatic rings. The Morgan fingerprint density at radius 2 is 1.92 bits per heavy atom. The summed E-state index contributed by atoms with van der Waals surface area (Å²) in [4.78, 5) is 13.6. The second kappa shape index (κ2) is 7.19. The first-order valence-corrected chi connectivity index (χ1v) is 10.2. The largest absolute Gasteiger partial charge is 0.416 e. The third kappa shape index (κ3) is 4.20. The zero-order valence-corrected chi connectivity index (χ0v) is 15.0. The van der Waals surface area contributed by atoms with Crippen LogP contribution in [-0.4, -0.2) is 49.2 Å². The first-order chi connectivity index (χ1) is 12.2. The van der Waals surface area contributed by atoms with Gasteiger partial charge in [0, 0.05) is 32.1 Å². The lowest BCUT2D eigenvalue weighted by Crippen LogP contribution is -2.50. The summed E-state index contributed by atoms with van der Waals surface area (Å²) in [6, 6.07) is 4.26. The molecule has 0 spiro atoms. The molecule has 3 rings (SSSR count). The smallest absolute Gasteiger partial charge is 0.338 e. The molecular weight excluding hydrogens is 369 g/mol. The Bertz CT molecular complexity index is 780. The normalized spacial score (nSPS) is 22.8. The second-order valence-electron chi connectivity index (χ2n) is 6.80. The van der Waals surface area contributed by atoms with Crippen molar-refractivity contribution in [2.75, 3.05) is 19.6 Å². The fourth-order valence-corrected chi connectivity index (χ4v) is 5.21. The lowest BCUT2D eigenvalue weighted by molar-refractivity contribution is -0.137. The SMILES string of the molecule is O=C1CCCN1C1CCCN(S(=O)(=O)Cc2cccc(C(F)(F)F)c2)C1. The van der Waals surface area contributed by atoms with Crippen molar-refractivity contribution in [1.29, 1.82) is 0 Å². The minimum absolute atomic E-state index is 0.0483. The predicted molar refractivity (Wildman–Crippen MR) is 89.6 cm³/mol. The molecule has 0 aromatic heterocycles. The van der Waals surface area contributed by atoms with Gasteiger partial charge in [0.25, 0.3) is 0 Å². The van der Waals surface area contributed by atoms with Gasteiger partial charge in [-0.05, 0) is 30.9 Å². The Balaban J connectivity index is 1.72. The molecule has 2 aliphatic heterocycles. The van der Waals surface area contributed by atoms with Gasteiger partial charge in [0.1, 0.15) is 0 Å². The molecule has 0 bridgehead atoms. The van der Waals surface area contributed by atoms with Crippen molar-refractivity contribution in [3.8, 4) is 0 Å². The average molecular weight is 390 g/mol. The topological polar surface area (TPSA) is 57.7 Å². The summed E-state index contributed by atoms with van der Waals surface area (Å²) in [5.41, 5.74) is -0.747. The van der Waals surface area contributed by atoms with Crippen molar-refractivity contribution >= 4 is 15.9 Å². The Labute approximate surface area is 150 Å². The van der Waals surface area contributed by atoms with E-state index in [2.05, 4.69) is 0 Å². The summed E-state index contributed by atoms with van der Waals surface area (Å²) in [6.07, 6.45) is -1.84. The van der Waals surface area contributed by atoms with Crippen LogP contribution in [0.1, 0.15) is 36.8 Å². The molecule has 1 aromatic rings. The minimum Gasteiger partial charge on any atom is -0.338 e. The lowest BCUT2D eigenvalue weighted by Gasteiger charge is -2.37. The van der Waals surface area contributed by atoms with Crippen LogP contribution < -0.4 is 0 Å². The number of rotatable bonds is 4. The third-order valence-corrected chi connectivity index (χ3v) is 6.72. The van der Waals surface area contributed by atoms with Crippen LogP contribution in [0.2, 0.25) is 0 Å². The van der Waals surface area contributed by atoms with Gasteiger partial charge in [0.05, 0.1) is 11.3 Å². The van der Waals surface area contributed by atoms with Crippen molar-refractivity contribution in [1.82, 2.24) is 9.21 Å². The van der Waals surface area contributed by atoms with E-state index in [1.807, 2.05) is 0 Å². The van der Waals surface area contributed by atoms with E-state index in [4.69, 9.17) is 0 Å². The Morgan fingerprint density at radius 3 is 2.58 bits per heavy atom. The summed E-state index contributed by atoms with van der Waals surface area (Å²) in [5.74, 6) is -0.426. The highest BCUT2D eigenvalue weighted by molar-refractivity contribution is 7.88. The van der Waals surface area contributed by atoms with E-state index in [1.54, 1.807) is 4.90 Å². The molecule has 0 saturated carbocycles. The quantitative estimate of drug-likeness (QED) is 0.794. The summed E-state index contributed by atoms with van der Waals surface area (Å²) in [6.45, 7) is 1.19. The molecule has 1 unspecified atom stereocenters. The van der Waals surface area contributed by atoms with Gasteiger partial charge in [-0.25, -0.2) is 8.42 Å². The summed E-state index contributed by atoms with van der Waals surface area (Å²) >= 11 is 0. The van der Waals surface area contributed by atoms with Gasteiger partial charge < -0.3 is 4.90 Å². The minimum atomic E-state index is -4.51. The number of amides is 1. The summed E-state index contributed by atoms with van der Waals surface area (Å²) < 4.78 is 65.2. The van der Waals surface area contributed by atoms with Crippen molar-refractivity contribution < 1.29 is 26.4 Å². The number of hydrogen-bond donors (Lipinski definition) is 0. The van der Waals surface area contributed by atoms with Crippen LogP contribution in [0.15, 0.2) is 24.3 Å². The number of sulfonamides is 1. The molecule has 1 aromatic carbocycles. The molecule has 2 heterocycles. The summed E-state index contributed by atoms with van der Waals surface area (Å²) in [7, 11) is -3.75. The molecule has 9 heteroatoms. The van der Waals surface area contributed by atoms with Gasteiger partial charge in [-0.3, -0.25) is 4.79 Å². The monoisotopic (exact) mass is 390 g/mol. The number of benzene rings is 1. The highest BCUT2D eigenvalue weighted by atomic mass is 32.2. The van der Waals surface area contributed by atoms with Gasteiger partial charge in [0.2, 0.25) is 15.9 Å². The fraction of sp³-hybridized carbons (Fsp3) is 0.588. The van der Waals surface area contributed by atoms with Crippen molar-refractivity contribution in [2.24, 2.45) is 0 Å². The van der Waals surface area contributed by atoms with E-state index in [0.29, 0.717) is 25.9 Å². The van der Waals surface area contributed by atoms with Crippen LogP contribution in [0.25, 0.3) is 0 Å². The zero-order chi connectivity index (χ0) is 18.9. The van der Waals surface area contributed by atoms with E-state index in [-0.39, 0.29) is 24.1 Å². The first kappa shape index (κ1) is 19.2. The second-order valence-corrected chi connectivity index (χ2v) is 8.77. The molecule has 0 aliphatic carbocycles. The maximum absolute atomic E-state index is 12.8. The van der Waals surface area contributed by atoms with Crippen molar-refractivity contribution in [2.45, 2.75) is 43.7 Å². The Morgan fingerprint density at radius 1 is 1.15 bits per heavy atom. The highest BCUT2D eigenvalue weighted by Gasteiger charge is 2.36. The van der Waals surface area contributed by atoms with Gasteiger partial charge in [-0.15, -0.1) is 0 Å². The maximum Gasteiger partial charge on any atom is 0.416 e. The van der Waals surface area contributed by atoms with E-state index in [0.717, 1.165) is 25.0 Å². The molecule has 26 heavy (non-hydrogen) atoms. The third-order valence-electron chi connectivity index (χ3n) is 4.91. The maximum atomic E-state index is 12.8. The lowest BCUT2D eigenvalue weighted by atomic mass is 10.1. The number of halogens is 3. The van der Waals surface area contributed by atoms with Crippen LogP contribution in [0.5, 0.6) is 0 Å². The zero-order valence-electron chi connectivity index (χ0n) is 14.2. The van der Waals surface area contributed by atoms with Crippen molar-refractivity contribution in [3.05, 3.63) is 35.4 Å². The molecule has 1 atom stereocenters. The number of carbonyl (C=O) groups excluding carboxylic acids is 1.